The van der Waals surface area contributed by atoms with Gasteiger partial charge in [0, 0.05) is 17.1 Å². The van der Waals surface area contributed by atoms with Crippen molar-refractivity contribution >= 4 is 44.4 Å². The summed E-state index contributed by atoms with van der Waals surface area (Å²) in [5.41, 5.74) is 5.78. The fourth-order valence-corrected chi connectivity index (χ4v) is 5.24. The SMILES string of the molecule is Cc1ccc(SCCC(=O)N(Cc2ccccc2)c2nc3cc(C)c(C)cc3s2)cc1. The summed E-state index contributed by atoms with van der Waals surface area (Å²) in [5.74, 6) is 0.854. The van der Waals surface area contributed by atoms with Gasteiger partial charge in [-0.05, 0) is 61.7 Å². The summed E-state index contributed by atoms with van der Waals surface area (Å²) < 4.78 is 1.12. The van der Waals surface area contributed by atoms with Crippen LogP contribution in [0, 0.1) is 20.8 Å². The summed E-state index contributed by atoms with van der Waals surface area (Å²) in [6.07, 6.45) is 0.472. The number of fused-ring (bicyclic) bond motifs is 1. The number of benzene rings is 3. The lowest BCUT2D eigenvalue weighted by molar-refractivity contribution is -0.118. The van der Waals surface area contributed by atoms with Crippen molar-refractivity contribution in [3.8, 4) is 0 Å². The largest absolute Gasteiger partial charge is 0.284 e. The molecule has 0 saturated heterocycles. The minimum Gasteiger partial charge on any atom is -0.284 e. The van der Waals surface area contributed by atoms with Crippen molar-refractivity contribution in [2.45, 2.75) is 38.6 Å². The Hall–Kier alpha value is -2.63. The van der Waals surface area contributed by atoms with Crippen LogP contribution in [0.4, 0.5) is 5.13 Å². The van der Waals surface area contributed by atoms with E-state index >= 15 is 0 Å². The molecule has 5 heteroatoms. The average Bonchev–Trinajstić information content (AvgIpc) is 3.16. The van der Waals surface area contributed by atoms with Crippen molar-refractivity contribution in [2.75, 3.05) is 10.7 Å². The summed E-state index contributed by atoms with van der Waals surface area (Å²) in [6.45, 7) is 6.83. The number of thiazole rings is 1. The molecule has 0 aliphatic rings. The molecule has 0 atom stereocenters. The molecular formula is C26H26N2OS2. The van der Waals surface area contributed by atoms with E-state index in [-0.39, 0.29) is 5.91 Å². The number of carbonyl (C=O) groups is 1. The van der Waals surface area contributed by atoms with Gasteiger partial charge < -0.3 is 0 Å². The summed E-state index contributed by atoms with van der Waals surface area (Å²) in [4.78, 5) is 21.1. The van der Waals surface area contributed by atoms with Crippen LogP contribution in [0.3, 0.4) is 0 Å². The lowest BCUT2D eigenvalue weighted by atomic mass is 10.1. The molecule has 0 bridgehead atoms. The molecule has 31 heavy (non-hydrogen) atoms. The summed E-state index contributed by atoms with van der Waals surface area (Å²) in [7, 11) is 0. The minimum absolute atomic E-state index is 0.107. The lowest BCUT2D eigenvalue weighted by Gasteiger charge is -2.20. The predicted molar refractivity (Wildman–Crippen MR) is 133 cm³/mol. The van der Waals surface area contributed by atoms with E-state index in [0.717, 1.165) is 26.7 Å². The van der Waals surface area contributed by atoms with E-state index in [9.17, 15) is 4.79 Å². The van der Waals surface area contributed by atoms with Gasteiger partial charge in [0.1, 0.15) is 0 Å². The number of aryl methyl sites for hydroxylation is 3. The van der Waals surface area contributed by atoms with E-state index in [4.69, 9.17) is 4.98 Å². The van der Waals surface area contributed by atoms with Gasteiger partial charge in [0.05, 0.1) is 16.8 Å². The molecule has 4 aromatic rings. The highest BCUT2D eigenvalue weighted by Gasteiger charge is 2.20. The van der Waals surface area contributed by atoms with Gasteiger partial charge in [0.2, 0.25) is 5.91 Å². The van der Waals surface area contributed by atoms with Crippen LogP contribution in [0.5, 0.6) is 0 Å². The predicted octanol–water partition coefficient (Wildman–Crippen LogP) is 6.94. The molecule has 0 spiro atoms. The Balaban J connectivity index is 1.55. The van der Waals surface area contributed by atoms with Gasteiger partial charge >= 0.3 is 0 Å². The highest BCUT2D eigenvalue weighted by atomic mass is 32.2. The molecule has 3 nitrogen and oxygen atoms in total. The first kappa shape index (κ1) is 21.6. The number of hydrogen-bond donors (Lipinski definition) is 0. The second-order valence-corrected chi connectivity index (χ2v) is 9.96. The summed E-state index contributed by atoms with van der Waals surface area (Å²) >= 11 is 3.32. The Morgan fingerprint density at radius 2 is 1.68 bits per heavy atom. The number of nitrogens with zero attached hydrogens (tertiary/aromatic N) is 2. The zero-order chi connectivity index (χ0) is 21.8. The summed E-state index contributed by atoms with van der Waals surface area (Å²) in [6, 6.07) is 22.9. The fourth-order valence-electron chi connectivity index (χ4n) is 3.34. The van der Waals surface area contributed by atoms with Crippen LogP contribution in [0.15, 0.2) is 71.6 Å². The number of thioether (sulfide) groups is 1. The number of aromatic nitrogens is 1. The summed E-state index contributed by atoms with van der Waals surface area (Å²) in [5, 5.41) is 0.772. The molecule has 1 aromatic heterocycles. The quantitative estimate of drug-likeness (QED) is 0.288. The third kappa shape index (κ3) is 5.35. The second-order valence-electron chi connectivity index (χ2n) is 7.78. The van der Waals surface area contributed by atoms with Gasteiger partial charge in [-0.15, -0.1) is 11.8 Å². The van der Waals surface area contributed by atoms with Crippen LogP contribution in [0.25, 0.3) is 10.2 Å². The van der Waals surface area contributed by atoms with Crippen LogP contribution in [-0.2, 0) is 11.3 Å². The van der Waals surface area contributed by atoms with Crippen LogP contribution >= 0.6 is 23.1 Å². The lowest BCUT2D eigenvalue weighted by Crippen LogP contribution is -2.30. The third-order valence-corrected chi connectivity index (χ3v) is 7.37. The van der Waals surface area contributed by atoms with Crippen LogP contribution < -0.4 is 4.90 Å². The monoisotopic (exact) mass is 446 g/mol. The molecule has 4 rings (SSSR count). The van der Waals surface area contributed by atoms with Crippen molar-refractivity contribution in [3.05, 3.63) is 89.0 Å². The number of carbonyl (C=O) groups excluding carboxylic acids is 1. The van der Waals surface area contributed by atoms with E-state index in [1.165, 1.54) is 21.6 Å². The molecule has 0 saturated carbocycles. The Morgan fingerprint density at radius 3 is 2.42 bits per heavy atom. The van der Waals surface area contributed by atoms with Crippen LogP contribution in [0.1, 0.15) is 28.7 Å². The molecule has 0 unspecified atom stereocenters. The molecule has 1 amide bonds. The average molecular weight is 447 g/mol. The number of anilines is 1. The Labute approximate surface area is 192 Å². The fraction of sp³-hybridized carbons (Fsp3) is 0.231. The number of rotatable bonds is 7. The second kappa shape index (κ2) is 9.67. The Bertz CT molecular complexity index is 1140. The van der Waals surface area contributed by atoms with E-state index < -0.39 is 0 Å². The molecule has 158 valence electrons. The molecular weight excluding hydrogens is 420 g/mol. The van der Waals surface area contributed by atoms with E-state index in [1.807, 2.05) is 23.1 Å². The maximum absolute atomic E-state index is 13.3. The molecule has 0 aliphatic carbocycles. The van der Waals surface area contributed by atoms with Gasteiger partial charge in [-0.2, -0.15) is 0 Å². The smallest absolute Gasteiger partial charge is 0.229 e. The molecule has 0 N–H and O–H groups in total. The zero-order valence-corrected chi connectivity index (χ0v) is 19.7. The van der Waals surface area contributed by atoms with E-state index in [2.05, 4.69) is 69.3 Å². The van der Waals surface area contributed by atoms with Gasteiger partial charge in [-0.3, -0.25) is 9.69 Å². The standard InChI is InChI=1S/C26H26N2OS2/c1-18-9-11-22(12-10-18)30-14-13-25(29)28(17-21-7-5-4-6-8-21)26-27-23-15-19(2)20(3)16-24(23)31-26/h4-12,15-16H,13-14,17H2,1-3H3. The number of amides is 1. The first-order valence-corrected chi connectivity index (χ1v) is 12.2. The maximum atomic E-state index is 13.3. The van der Waals surface area contributed by atoms with E-state index in [0.29, 0.717) is 13.0 Å². The van der Waals surface area contributed by atoms with Gasteiger partial charge in [0.25, 0.3) is 0 Å². The number of hydrogen-bond acceptors (Lipinski definition) is 4. The first-order valence-electron chi connectivity index (χ1n) is 10.4. The van der Waals surface area contributed by atoms with Crippen molar-refractivity contribution in [2.24, 2.45) is 0 Å². The molecule has 0 radical (unpaired) electrons. The molecule has 3 aromatic carbocycles. The normalized spacial score (nSPS) is 11.1. The molecule has 0 fully saturated rings. The zero-order valence-electron chi connectivity index (χ0n) is 18.1. The minimum atomic E-state index is 0.107. The van der Waals surface area contributed by atoms with Crippen LogP contribution in [0.2, 0.25) is 0 Å². The van der Waals surface area contributed by atoms with Gasteiger partial charge in [-0.1, -0.05) is 59.4 Å². The van der Waals surface area contributed by atoms with Crippen molar-refractivity contribution in [1.29, 1.82) is 0 Å². The molecule has 0 aliphatic heterocycles. The Morgan fingerprint density at radius 1 is 0.968 bits per heavy atom. The highest BCUT2D eigenvalue weighted by Crippen LogP contribution is 2.32. The molecule has 1 heterocycles. The third-order valence-electron chi connectivity index (χ3n) is 5.31. The van der Waals surface area contributed by atoms with E-state index in [1.54, 1.807) is 23.1 Å². The van der Waals surface area contributed by atoms with Crippen LogP contribution in [-0.4, -0.2) is 16.6 Å². The van der Waals surface area contributed by atoms with Crippen molar-refractivity contribution in [3.63, 3.8) is 0 Å². The van der Waals surface area contributed by atoms with Crippen molar-refractivity contribution in [1.82, 2.24) is 4.98 Å². The van der Waals surface area contributed by atoms with Gasteiger partial charge in [-0.25, -0.2) is 4.98 Å². The van der Waals surface area contributed by atoms with Gasteiger partial charge in [0.15, 0.2) is 5.13 Å². The Kier molecular flexibility index (Phi) is 6.73. The van der Waals surface area contributed by atoms with Crippen molar-refractivity contribution < 1.29 is 4.79 Å². The first-order chi connectivity index (χ1) is 15.0. The maximum Gasteiger partial charge on any atom is 0.229 e. The topological polar surface area (TPSA) is 33.2 Å². The highest BCUT2D eigenvalue weighted by molar-refractivity contribution is 7.99.